The second-order valence-electron chi connectivity index (χ2n) is 4.46. The lowest BCUT2D eigenvalue weighted by Gasteiger charge is -2.08. The number of benzene rings is 1. The van der Waals surface area contributed by atoms with Crippen molar-refractivity contribution in [3.8, 4) is 0 Å². The van der Waals surface area contributed by atoms with Crippen LogP contribution in [0, 0.1) is 0 Å². The fraction of sp³-hybridized carbons (Fsp3) is 0.429. The van der Waals surface area contributed by atoms with Gasteiger partial charge in [0, 0.05) is 11.8 Å². The van der Waals surface area contributed by atoms with Crippen molar-refractivity contribution in [3.63, 3.8) is 0 Å². The van der Waals surface area contributed by atoms with Crippen LogP contribution in [0.1, 0.15) is 44.1 Å². The predicted octanol–water partition coefficient (Wildman–Crippen LogP) is 3.82. The molecule has 17 heavy (non-hydrogen) atoms. The maximum atomic E-state index is 8.91. The molecule has 0 amide bonds. The minimum absolute atomic E-state index is 0.0617. The highest BCUT2D eigenvalue weighted by molar-refractivity contribution is 5.78. The van der Waals surface area contributed by atoms with E-state index >= 15 is 0 Å². The minimum Gasteiger partial charge on any atom is -0.461 e. The summed E-state index contributed by atoms with van der Waals surface area (Å²) in [5.41, 5.74) is 4.24. The number of hydrogen-bond acceptors (Lipinski definition) is 3. The standard InChI is InChI=1S/C14H19NO2/c1-3-4-5-13-9-12-8-11(10(2)15-16)6-7-14(12)17-13/h6-10,15-16H,3-5H2,1-2H3/t10-/m1/s1. The highest BCUT2D eigenvalue weighted by Crippen LogP contribution is 2.24. The molecular formula is C14H19NO2. The van der Waals surface area contributed by atoms with E-state index in [4.69, 9.17) is 9.62 Å². The van der Waals surface area contributed by atoms with E-state index < -0.39 is 0 Å². The number of aryl methyl sites for hydroxylation is 1. The van der Waals surface area contributed by atoms with Crippen LogP contribution in [0.25, 0.3) is 11.0 Å². The van der Waals surface area contributed by atoms with E-state index in [-0.39, 0.29) is 6.04 Å². The average molecular weight is 233 g/mol. The van der Waals surface area contributed by atoms with E-state index in [1.54, 1.807) is 0 Å². The van der Waals surface area contributed by atoms with Crippen LogP contribution in [-0.4, -0.2) is 5.21 Å². The lowest BCUT2D eigenvalue weighted by atomic mass is 10.1. The summed E-state index contributed by atoms with van der Waals surface area (Å²) in [6.07, 6.45) is 3.32. The quantitative estimate of drug-likeness (QED) is 0.772. The number of nitrogens with one attached hydrogen (secondary N) is 1. The second kappa shape index (κ2) is 5.34. The minimum atomic E-state index is -0.0617. The molecular weight excluding hydrogens is 214 g/mol. The third kappa shape index (κ3) is 2.68. The van der Waals surface area contributed by atoms with Crippen LogP contribution < -0.4 is 5.48 Å². The first-order chi connectivity index (χ1) is 8.24. The van der Waals surface area contributed by atoms with E-state index in [9.17, 15) is 0 Å². The van der Waals surface area contributed by atoms with Gasteiger partial charge in [-0.05, 0) is 37.1 Å². The molecule has 2 aromatic rings. The van der Waals surface area contributed by atoms with Gasteiger partial charge in [0.15, 0.2) is 0 Å². The Morgan fingerprint density at radius 3 is 2.88 bits per heavy atom. The molecule has 0 aliphatic carbocycles. The molecule has 0 fully saturated rings. The van der Waals surface area contributed by atoms with Crippen molar-refractivity contribution < 1.29 is 9.62 Å². The summed E-state index contributed by atoms with van der Waals surface area (Å²) in [4.78, 5) is 0. The summed E-state index contributed by atoms with van der Waals surface area (Å²) in [5.74, 6) is 1.05. The topological polar surface area (TPSA) is 45.4 Å². The molecule has 0 radical (unpaired) electrons. The van der Waals surface area contributed by atoms with Gasteiger partial charge in [0.1, 0.15) is 11.3 Å². The SMILES string of the molecule is CCCCc1cc2cc([C@@H](C)NO)ccc2o1. The van der Waals surface area contributed by atoms with E-state index in [0.29, 0.717) is 0 Å². The van der Waals surface area contributed by atoms with Crippen LogP contribution >= 0.6 is 0 Å². The van der Waals surface area contributed by atoms with E-state index in [0.717, 1.165) is 35.1 Å². The molecule has 3 nitrogen and oxygen atoms in total. The highest BCUT2D eigenvalue weighted by atomic mass is 16.5. The van der Waals surface area contributed by atoms with Gasteiger partial charge in [-0.2, -0.15) is 5.48 Å². The number of unbranched alkanes of at least 4 members (excludes halogenated alkanes) is 1. The third-order valence-corrected chi connectivity index (χ3v) is 3.06. The Morgan fingerprint density at radius 2 is 2.18 bits per heavy atom. The molecule has 3 heteroatoms. The Bertz CT molecular complexity index is 490. The first-order valence-electron chi connectivity index (χ1n) is 6.16. The highest BCUT2D eigenvalue weighted by Gasteiger charge is 2.07. The molecule has 0 aliphatic rings. The number of fused-ring (bicyclic) bond motifs is 1. The van der Waals surface area contributed by atoms with Crippen molar-refractivity contribution in [3.05, 3.63) is 35.6 Å². The van der Waals surface area contributed by atoms with Crippen molar-refractivity contribution in [2.75, 3.05) is 0 Å². The molecule has 0 bridgehead atoms. The normalized spacial score (nSPS) is 13.1. The Kier molecular flexibility index (Phi) is 3.82. The molecule has 0 unspecified atom stereocenters. The Morgan fingerprint density at radius 1 is 1.35 bits per heavy atom. The van der Waals surface area contributed by atoms with Crippen LogP contribution in [0.3, 0.4) is 0 Å². The largest absolute Gasteiger partial charge is 0.461 e. The van der Waals surface area contributed by atoms with Crippen molar-refractivity contribution in [2.24, 2.45) is 0 Å². The van der Waals surface area contributed by atoms with E-state index in [2.05, 4.69) is 24.5 Å². The molecule has 1 aromatic carbocycles. The van der Waals surface area contributed by atoms with E-state index in [1.165, 1.54) is 6.42 Å². The summed E-state index contributed by atoms with van der Waals surface area (Å²) in [6.45, 7) is 4.09. The summed E-state index contributed by atoms with van der Waals surface area (Å²) < 4.78 is 5.76. The molecule has 2 N–H and O–H groups in total. The lowest BCUT2D eigenvalue weighted by Crippen LogP contribution is -2.12. The molecule has 1 atom stereocenters. The zero-order valence-electron chi connectivity index (χ0n) is 10.4. The molecule has 92 valence electrons. The predicted molar refractivity (Wildman–Crippen MR) is 68.2 cm³/mol. The van der Waals surface area contributed by atoms with Gasteiger partial charge in [0.25, 0.3) is 0 Å². The van der Waals surface area contributed by atoms with Crippen molar-refractivity contribution >= 4 is 11.0 Å². The second-order valence-corrected chi connectivity index (χ2v) is 4.46. The Labute approximate surface area is 101 Å². The number of hydrogen-bond donors (Lipinski definition) is 2. The monoisotopic (exact) mass is 233 g/mol. The maximum Gasteiger partial charge on any atom is 0.134 e. The van der Waals surface area contributed by atoms with Crippen LogP contribution in [0.15, 0.2) is 28.7 Å². The van der Waals surface area contributed by atoms with Gasteiger partial charge in [-0.1, -0.05) is 19.4 Å². The third-order valence-electron chi connectivity index (χ3n) is 3.06. The molecule has 1 aromatic heterocycles. The first-order valence-corrected chi connectivity index (χ1v) is 6.16. The van der Waals surface area contributed by atoms with Crippen LogP contribution in [0.2, 0.25) is 0 Å². The molecule has 0 saturated carbocycles. The molecule has 0 aliphatic heterocycles. The summed E-state index contributed by atoms with van der Waals surface area (Å²) in [5, 5.41) is 10.0. The van der Waals surface area contributed by atoms with Gasteiger partial charge >= 0.3 is 0 Å². The number of furan rings is 1. The zero-order chi connectivity index (χ0) is 12.3. The smallest absolute Gasteiger partial charge is 0.134 e. The fourth-order valence-corrected chi connectivity index (χ4v) is 1.93. The first kappa shape index (κ1) is 12.1. The van der Waals surface area contributed by atoms with Gasteiger partial charge in [0.2, 0.25) is 0 Å². The average Bonchev–Trinajstić information content (AvgIpc) is 2.76. The zero-order valence-corrected chi connectivity index (χ0v) is 10.4. The van der Waals surface area contributed by atoms with Crippen molar-refractivity contribution in [1.82, 2.24) is 5.48 Å². The van der Waals surface area contributed by atoms with Crippen LogP contribution in [0.4, 0.5) is 0 Å². The Balaban J connectivity index is 2.27. The van der Waals surface area contributed by atoms with Gasteiger partial charge in [-0.25, -0.2) is 0 Å². The van der Waals surface area contributed by atoms with Gasteiger partial charge in [-0.15, -0.1) is 0 Å². The van der Waals surface area contributed by atoms with Crippen molar-refractivity contribution in [2.45, 2.75) is 39.2 Å². The maximum absolute atomic E-state index is 8.91. The molecule has 0 saturated heterocycles. The van der Waals surface area contributed by atoms with Gasteiger partial charge in [-0.3, -0.25) is 0 Å². The van der Waals surface area contributed by atoms with Crippen LogP contribution in [0.5, 0.6) is 0 Å². The summed E-state index contributed by atoms with van der Waals surface area (Å²) >= 11 is 0. The lowest BCUT2D eigenvalue weighted by molar-refractivity contribution is 0.133. The molecule has 1 heterocycles. The summed E-state index contributed by atoms with van der Waals surface area (Å²) in [7, 11) is 0. The van der Waals surface area contributed by atoms with Crippen LogP contribution in [-0.2, 0) is 6.42 Å². The van der Waals surface area contributed by atoms with Gasteiger partial charge < -0.3 is 9.62 Å². The fourth-order valence-electron chi connectivity index (χ4n) is 1.93. The molecule has 0 spiro atoms. The number of rotatable bonds is 5. The molecule has 2 rings (SSSR count). The number of hydroxylamine groups is 1. The van der Waals surface area contributed by atoms with Crippen molar-refractivity contribution in [1.29, 1.82) is 0 Å². The van der Waals surface area contributed by atoms with Gasteiger partial charge in [0.05, 0.1) is 6.04 Å². The summed E-state index contributed by atoms with van der Waals surface area (Å²) in [6, 6.07) is 8.03. The Hall–Kier alpha value is -1.32. The van der Waals surface area contributed by atoms with E-state index in [1.807, 2.05) is 19.1 Å².